The van der Waals surface area contributed by atoms with E-state index in [1.807, 2.05) is 6.92 Å². The quantitative estimate of drug-likeness (QED) is 0.730. The first-order valence-electron chi connectivity index (χ1n) is 7.33. The van der Waals surface area contributed by atoms with E-state index in [-0.39, 0.29) is 17.9 Å². The highest BCUT2D eigenvalue weighted by Crippen LogP contribution is 2.21. The predicted octanol–water partition coefficient (Wildman–Crippen LogP) is 2.45. The number of amides is 1. The first-order chi connectivity index (χ1) is 11.0. The number of nitrogens with zero attached hydrogens (tertiary/aromatic N) is 1. The second kappa shape index (κ2) is 7.53. The highest BCUT2D eigenvalue weighted by atomic mass is 19.1. The van der Waals surface area contributed by atoms with E-state index in [1.165, 1.54) is 30.5 Å². The standard InChI is InChI=1S/C16H18FN3O3/c1-2-3-11(16(22)23)8-18-15(21)13-9-19-20-14(13)10-4-6-12(17)7-5-10/h4-7,9,11H,2-3,8H2,1H3,(H,18,21)(H,19,20)(H,22,23). The molecule has 0 spiro atoms. The van der Waals surface area contributed by atoms with Crippen molar-refractivity contribution in [1.29, 1.82) is 0 Å². The molecule has 0 saturated heterocycles. The Labute approximate surface area is 132 Å². The van der Waals surface area contributed by atoms with Crippen LogP contribution in [0.5, 0.6) is 0 Å². The highest BCUT2D eigenvalue weighted by Gasteiger charge is 2.20. The van der Waals surface area contributed by atoms with Gasteiger partial charge < -0.3 is 10.4 Å². The maximum Gasteiger partial charge on any atom is 0.308 e. The van der Waals surface area contributed by atoms with Crippen LogP contribution in [0.3, 0.4) is 0 Å². The van der Waals surface area contributed by atoms with Crippen molar-refractivity contribution in [3.05, 3.63) is 41.8 Å². The molecule has 0 aliphatic rings. The zero-order valence-corrected chi connectivity index (χ0v) is 12.7. The zero-order valence-electron chi connectivity index (χ0n) is 12.7. The fraction of sp³-hybridized carbons (Fsp3) is 0.312. The molecule has 0 aliphatic carbocycles. The number of aromatic nitrogens is 2. The normalized spacial score (nSPS) is 11.9. The molecular formula is C16H18FN3O3. The summed E-state index contributed by atoms with van der Waals surface area (Å²) in [4.78, 5) is 23.4. The van der Waals surface area contributed by atoms with Gasteiger partial charge in [0.25, 0.3) is 5.91 Å². The summed E-state index contributed by atoms with van der Waals surface area (Å²) >= 11 is 0. The molecule has 2 rings (SSSR count). The van der Waals surface area contributed by atoms with Gasteiger partial charge >= 0.3 is 5.97 Å². The molecule has 7 heteroatoms. The lowest BCUT2D eigenvalue weighted by molar-refractivity contribution is -0.141. The lowest BCUT2D eigenvalue weighted by Gasteiger charge is -2.12. The van der Waals surface area contributed by atoms with Crippen LogP contribution in [0.2, 0.25) is 0 Å². The van der Waals surface area contributed by atoms with Crippen molar-refractivity contribution < 1.29 is 19.1 Å². The topological polar surface area (TPSA) is 95.1 Å². The minimum absolute atomic E-state index is 0.0516. The Morgan fingerprint density at radius 1 is 1.35 bits per heavy atom. The number of carboxylic acids is 1. The van der Waals surface area contributed by atoms with Crippen LogP contribution < -0.4 is 5.32 Å². The largest absolute Gasteiger partial charge is 0.481 e. The Morgan fingerprint density at radius 2 is 2.04 bits per heavy atom. The van der Waals surface area contributed by atoms with Crippen LogP contribution in [-0.4, -0.2) is 33.7 Å². The second-order valence-corrected chi connectivity index (χ2v) is 5.20. The summed E-state index contributed by atoms with van der Waals surface area (Å²) in [6, 6.07) is 5.66. The van der Waals surface area contributed by atoms with E-state index in [0.29, 0.717) is 17.7 Å². The maximum atomic E-state index is 13.0. The number of benzene rings is 1. The van der Waals surface area contributed by atoms with Crippen molar-refractivity contribution in [3.8, 4) is 11.3 Å². The summed E-state index contributed by atoms with van der Waals surface area (Å²) in [6.07, 6.45) is 2.58. The lowest BCUT2D eigenvalue weighted by atomic mass is 10.0. The second-order valence-electron chi connectivity index (χ2n) is 5.20. The molecule has 1 aromatic heterocycles. The molecule has 0 bridgehead atoms. The minimum Gasteiger partial charge on any atom is -0.481 e. The number of carbonyl (C=O) groups is 2. The van der Waals surface area contributed by atoms with Gasteiger partial charge in [0, 0.05) is 12.1 Å². The van der Waals surface area contributed by atoms with Gasteiger partial charge in [-0.2, -0.15) is 5.10 Å². The Kier molecular flexibility index (Phi) is 5.46. The molecule has 1 aromatic carbocycles. The van der Waals surface area contributed by atoms with Gasteiger partial charge in [0.2, 0.25) is 0 Å². The molecule has 6 nitrogen and oxygen atoms in total. The number of H-pyrrole nitrogens is 1. The van der Waals surface area contributed by atoms with Gasteiger partial charge in [0.05, 0.1) is 23.4 Å². The third-order valence-electron chi connectivity index (χ3n) is 3.51. The lowest BCUT2D eigenvalue weighted by Crippen LogP contribution is -2.33. The van der Waals surface area contributed by atoms with Gasteiger partial charge in [-0.05, 0) is 30.7 Å². The van der Waals surface area contributed by atoms with Gasteiger partial charge in [-0.15, -0.1) is 0 Å². The number of carboxylic acid groups (broad SMARTS) is 1. The van der Waals surface area contributed by atoms with Gasteiger partial charge in [-0.1, -0.05) is 13.3 Å². The number of halogens is 1. The summed E-state index contributed by atoms with van der Waals surface area (Å²) in [5, 5.41) is 18.3. The summed E-state index contributed by atoms with van der Waals surface area (Å²) in [5.74, 6) is -2.34. The number of nitrogens with one attached hydrogen (secondary N) is 2. The molecule has 1 amide bonds. The fourth-order valence-corrected chi connectivity index (χ4v) is 2.27. The Bertz CT molecular complexity index is 682. The number of aliphatic carboxylic acids is 1. The summed E-state index contributed by atoms with van der Waals surface area (Å²) < 4.78 is 13.0. The highest BCUT2D eigenvalue weighted by molar-refractivity contribution is 5.99. The number of rotatable bonds is 7. The van der Waals surface area contributed by atoms with Gasteiger partial charge in [-0.3, -0.25) is 14.7 Å². The number of aromatic amines is 1. The molecule has 0 radical (unpaired) electrons. The third-order valence-corrected chi connectivity index (χ3v) is 3.51. The Morgan fingerprint density at radius 3 is 2.65 bits per heavy atom. The van der Waals surface area contributed by atoms with E-state index in [2.05, 4.69) is 15.5 Å². The molecule has 2 aromatic rings. The Balaban J connectivity index is 2.10. The third kappa shape index (κ3) is 4.15. The summed E-state index contributed by atoms with van der Waals surface area (Å²) in [5.41, 5.74) is 1.37. The van der Waals surface area contributed by atoms with Crippen LogP contribution in [0.15, 0.2) is 30.5 Å². The number of hydrogen-bond acceptors (Lipinski definition) is 3. The molecule has 0 aliphatic heterocycles. The molecule has 23 heavy (non-hydrogen) atoms. The molecule has 1 atom stereocenters. The van der Waals surface area contributed by atoms with E-state index in [1.54, 1.807) is 0 Å². The summed E-state index contributed by atoms with van der Waals surface area (Å²) in [7, 11) is 0. The van der Waals surface area contributed by atoms with Crippen molar-refractivity contribution in [2.45, 2.75) is 19.8 Å². The molecular weight excluding hydrogens is 301 g/mol. The minimum atomic E-state index is -0.932. The van der Waals surface area contributed by atoms with Gasteiger partial charge in [0.15, 0.2) is 0 Å². The first kappa shape index (κ1) is 16.7. The zero-order chi connectivity index (χ0) is 16.8. The summed E-state index contributed by atoms with van der Waals surface area (Å²) in [6.45, 7) is 1.94. The van der Waals surface area contributed by atoms with Crippen LogP contribution in [-0.2, 0) is 4.79 Å². The van der Waals surface area contributed by atoms with Crippen molar-refractivity contribution in [2.24, 2.45) is 5.92 Å². The average Bonchev–Trinajstić information content (AvgIpc) is 3.01. The Hall–Kier alpha value is -2.70. The number of carbonyl (C=O) groups excluding carboxylic acids is 1. The molecule has 1 unspecified atom stereocenters. The molecule has 3 N–H and O–H groups in total. The van der Waals surface area contributed by atoms with Crippen molar-refractivity contribution >= 4 is 11.9 Å². The monoisotopic (exact) mass is 319 g/mol. The van der Waals surface area contributed by atoms with Crippen molar-refractivity contribution in [1.82, 2.24) is 15.5 Å². The van der Waals surface area contributed by atoms with Crippen LogP contribution in [0.25, 0.3) is 11.3 Å². The van der Waals surface area contributed by atoms with Crippen LogP contribution >= 0.6 is 0 Å². The first-order valence-corrected chi connectivity index (χ1v) is 7.33. The van der Waals surface area contributed by atoms with E-state index in [0.717, 1.165) is 6.42 Å². The smallest absolute Gasteiger partial charge is 0.308 e. The average molecular weight is 319 g/mol. The molecule has 1 heterocycles. The number of hydrogen-bond donors (Lipinski definition) is 3. The molecule has 122 valence electrons. The molecule has 0 fully saturated rings. The van der Waals surface area contributed by atoms with Crippen LogP contribution in [0.4, 0.5) is 4.39 Å². The SMILES string of the molecule is CCCC(CNC(=O)c1cn[nH]c1-c1ccc(F)cc1)C(=O)O. The predicted molar refractivity (Wildman–Crippen MR) is 82.3 cm³/mol. The van der Waals surface area contributed by atoms with Crippen molar-refractivity contribution in [2.75, 3.05) is 6.54 Å². The molecule has 0 saturated carbocycles. The van der Waals surface area contributed by atoms with E-state index in [4.69, 9.17) is 5.11 Å². The van der Waals surface area contributed by atoms with E-state index >= 15 is 0 Å². The van der Waals surface area contributed by atoms with E-state index < -0.39 is 17.8 Å². The van der Waals surface area contributed by atoms with E-state index in [9.17, 15) is 14.0 Å². The van der Waals surface area contributed by atoms with Crippen LogP contribution in [0, 0.1) is 11.7 Å². The van der Waals surface area contributed by atoms with Crippen molar-refractivity contribution in [3.63, 3.8) is 0 Å². The van der Waals surface area contributed by atoms with Crippen LogP contribution in [0.1, 0.15) is 30.1 Å². The maximum absolute atomic E-state index is 13.0. The van der Waals surface area contributed by atoms with Gasteiger partial charge in [0.1, 0.15) is 5.82 Å². The fourth-order valence-electron chi connectivity index (χ4n) is 2.27. The van der Waals surface area contributed by atoms with Gasteiger partial charge in [-0.25, -0.2) is 4.39 Å².